The van der Waals surface area contributed by atoms with Gasteiger partial charge in [0.1, 0.15) is 0 Å². The summed E-state index contributed by atoms with van der Waals surface area (Å²) in [6, 6.07) is 0. The molecule has 1 heterocycles. The van der Waals surface area contributed by atoms with E-state index in [1.165, 1.54) is 19.3 Å². The summed E-state index contributed by atoms with van der Waals surface area (Å²) in [5.74, 6) is 1.89. The summed E-state index contributed by atoms with van der Waals surface area (Å²) in [7, 11) is 1.93. The van der Waals surface area contributed by atoms with Gasteiger partial charge in [-0.2, -0.15) is 0 Å². The topological polar surface area (TPSA) is 29.9 Å². The molecule has 1 fully saturated rings. The summed E-state index contributed by atoms with van der Waals surface area (Å²) in [5, 5.41) is 3.12. The minimum atomic E-state index is 0.890. The van der Waals surface area contributed by atoms with E-state index in [0.717, 1.165) is 24.1 Å². The SMILES string of the molecule is CNc1nc(C)cn1CC1CCC1. The second kappa shape index (κ2) is 3.40. The predicted molar refractivity (Wildman–Crippen MR) is 53.9 cm³/mol. The van der Waals surface area contributed by atoms with Crippen molar-refractivity contribution in [2.24, 2.45) is 5.92 Å². The third kappa shape index (κ3) is 1.69. The zero-order chi connectivity index (χ0) is 9.26. The number of nitrogens with zero attached hydrogens (tertiary/aromatic N) is 2. The highest BCUT2D eigenvalue weighted by molar-refractivity contribution is 5.27. The average molecular weight is 179 g/mol. The van der Waals surface area contributed by atoms with Gasteiger partial charge in [-0.25, -0.2) is 4.98 Å². The molecule has 0 aromatic carbocycles. The lowest BCUT2D eigenvalue weighted by atomic mass is 9.85. The van der Waals surface area contributed by atoms with Gasteiger partial charge in [0.15, 0.2) is 0 Å². The molecule has 0 unspecified atom stereocenters. The Hall–Kier alpha value is -0.990. The molecule has 0 radical (unpaired) electrons. The molecule has 1 aromatic heterocycles. The van der Waals surface area contributed by atoms with Crippen LogP contribution in [-0.4, -0.2) is 16.6 Å². The Morgan fingerprint density at radius 1 is 1.62 bits per heavy atom. The van der Waals surface area contributed by atoms with E-state index in [0.29, 0.717) is 0 Å². The Morgan fingerprint density at radius 2 is 2.38 bits per heavy atom. The van der Waals surface area contributed by atoms with Crippen molar-refractivity contribution in [2.45, 2.75) is 32.7 Å². The molecule has 13 heavy (non-hydrogen) atoms. The lowest BCUT2D eigenvalue weighted by Gasteiger charge is -2.26. The van der Waals surface area contributed by atoms with Crippen LogP contribution >= 0.6 is 0 Å². The van der Waals surface area contributed by atoms with Gasteiger partial charge in [0.25, 0.3) is 0 Å². The molecule has 1 aliphatic carbocycles. The van der Waals surface area contributed by atoms with Gasteiger partial charge >= 0.3 is 0 Å². The molecule has 2 rings (SSSR count). The number of aryl methyl sites for hydroxylation is 1. The number of anilines is 1. The average Bonchev–Trinajstić information content (AvgIpc) is 2.38. The van der Waals surface area contributed by atoms with Crippen LogP contribution in [0.1, 0.15) is 25.0 Å². The van der Waals surface area contributed by atoms with Crippen LogP contribution in [0, 0.1) is 12.8 Å². The van der Waals surface area contributed by atoms with Crippen LogP contribution in [0.4, 0.5) is 5.95 Å². The molecule has 0 amide bonds. The van der Waals surface area contributed by atoms with E-state index in [1.54, 1.807) is 0 Å². The molecule has 0 saturated heterocycles. The number of imidazole rings is 1. The van der Waals surface area contributed by atoms with Crippen LogP contribution in [0.2, 0.25) is 0 Å². The summed E-state index contributed by atoms with van der Waals surface area (Å²) in [4.78, 5) is 4.39. The van der Waals surface area contributed by atoms with Gasteiger partial charge < -0.3 is 9.88 Å². The Morgan fingerprint density at radius 3 is 2.92 bits per heavy atom. The zero-order valence-corrected chi connectivity index (χ0v) is 8.38. The van der Waals surface area contributed by atoms with Crippen molar-refractivity contribution in [1.82, 2.24) is 9.55 Å². The van der Waals surface area contributed by atoms with Gasteiger partial charge in [-0.15, -0.1) is 0 Å². The lowest BCUT2D eigenvalue weighted by molar-refractivity contribution is 0.278. The summed E-state index contributed by atoms with van der Waals surface area (Å²) in [6.07, 6.45) is 6.32. The summed E-state index contributed by atoms with van der Waals surface area (Å²) in [5.41, 5.74) is 1.10. The molecular weight excluding hydrogens is 162 g/mol. The molecule has 1 N–H and O–H groups in total. The predicted octanol–water partition coefficient (Wildman–Crippen LogP) is 2.03. The van der Waals surface area contributed by atoms with Gasteiger partial charge in [0.05, 0.1) is 5.69 Å². The largest absolute Gasteiger partial charge is 0.359 e. The second-order valence-corrected chi connectivity index (χ2v) is 3.91. The van der Waals surface area contributed by atoms with Crippen LogP contribution in [0.25, 0.3) is 0 Å². The monoisotopic (exact) mass is 179 g/mol. The third-order valence-electron chi connectivity index (χ3n) is 2.80. The van der Waals surface area contributed by atoms with Crippen LogP contribution < -0.4 is 5.32 Å². The van der Waals surface area contributed by atoms with Crippen molar-refractivity contribution in [1.29, 1.82) is 0 Å². The van der Waals surface area contributed by atoms with Gasteiger partial charge in [0, 0.05) is 19.8 Å². The molecular formula is C10H17N3. The minimum Gasteiger partial charge on any atom is -0.359 e. The molecule has 0 spiro atoms. The highest BCUT2D eigenvalue weighted by atomic mass is 15.2. The first-order valence-corrected chi connectivity index (χ1v) is 5.01. The lowest BCUT2D eigenvalue weighted by Crippen LogP contribution is -2.18. The standard InChI is InChI=1S/C10H17N3/c1-8-6-13(10(11-2)12-8)7-9-4-3-5-9/h6,9H,3-5,7H2,1-2H3,(H,11,12). The van der Waals surface area contributed by atoms with Crippen molar-refractivity contribution in [3.63, 3.8) is 0 Å². The maximum atomic E-state index is 4.39. The summed E-state index contributed by atoms with van der Waals surface area (Å²) in [6.45, 7) is 3.18. The smallest absolute Gasteiger partial charge is 0.202 e. The van der Waals surface area contributed by atoms with E-state index in [9.17, 15) is 0 Å². The normalized spacial score (nSPS) is 17.1. The van der Waals surface area contributed by atoms with Gasteiger partial charge in [-0.1, -0.05) is 6.42 Å². The molecule has 1 aromatic rings. The number of nitrogens with one attached hydrogen (secondary N) is 1. The zero-order valence-electron chi connectivity index (χ0n) is 8.38. The molecule has 1 saturated carbocycles. The highest BCUT2D eigenvalue weighted by Gasteiger charge is 2.18. The fraction of sp³-hybridized carbons (Fsp3) is 0.700. The van der Waals surface area contributed by atoms with E-state index >= 15 is 0 Å². The van der Waals surface area contributed by atoms with Crippen molar-refractivity contribution >= 4 is 5.95 Å². The van der Waals surface area contributed by atoms with Gasteiger partial charge in [-0.05, 0) is 25.7 Å². The fourth-order valence-electron chi connectivity index (χ4n) is 1.84. The van der Waals surface area contributed by atoms with E-state index in [4.69, 9.17) is 0 Å². The quantitative estimate of drug-likeness (QED) is 0.769. The Bertz CT molecular complexity index is 286. The summed E-state index contributed by atoms with van der Waals surface area (Å²) >= 11 is 0. The molecule has 72 valence electrons. The Kier molecular flexibility index (Phi) is 2.25. The van der Waals surface area contributed by atoms with Crippen molar-refractivity contribution in [3.8, 4) is 0 Å². The van der Waals surface area contributed by atoms with Crippen LogP contribution in [0.3, 0.4) is 0 Å². The van der Waals surface area contributed by atoms with Gasteiger partial charge in [-0.3, -0.25) is 0 Å². The van der Waals surface area contributed by atoms with Crippen molar-refractivity contribution in [3.05, 3.63) is 11.9 Å². The molecule has 0 bridgehead atoms. The molecule has 3 nitrogen and oxygen atoms in total. The van der Waals surface area contributed by atoms with Crippen LogP contribution in [-0.2, 0) is 6.54 Å². The molecule has 1 aliphatic rings. The van der Waals surface area contributed by atoms with Crippen molar-refractivity contribution in [2.75, 3.05) is 12.4 Å². The molecule has 0 aliphatic heterocycles. The third-order valence-corrected chi connectivity index (χ3v) is 2.80. The van der Waals surface area contributed by atoms with Crippen LogP contribution in [0.15, 0.2) is 6.20 Å². The first-order chi connectivity index (χ1) is 6.29. The van der Waals surface area contributed by atoms with E-state index < -0.39 is 0 Å². The van der Waals surface area contributed by atoms with Crippen molar-refractivity contribution < 1.29 is 0 Å². The Labute approximate surface area is 79.2 Å². The first-order valence-electron chi connectivity index (χ1n) is 5.01. The molecule has 3 heteroatoms. The van der Waals surface area contributed by atoms with E-state index in [1.807, 2.05) is 14.0 Å². The number of rotatable bonds is 3. The van der Waals surface area contributed by atoms with E-state index in [2.05, 4.69) is 21.1 Å². The number of hydrogen-bond donors (Lipinski definition) is 1. The maximum absolute atomic E-state index is 4.39. The highest BCUT2D eigenvalue weighted by Crippen LogP contribution is 2.28. The number of hydrogen-bond acceptors (Lipinski definition) is 2. The number of aromatic nitrogens is 2. The summed E-state index contributed by atoms with van der Waals surface area (Å²) < 4.78 is 2.24. The maximum Gasteiger partial charge on any atom is 0.202 e. The van der Waals surface area contributed by atoms with Crippen LogP contribution in [0.5, 0.6) is 0 Å². The first kappa shape index (κ1) is 8.60. The van der Waals surface area contributed by atoms with E-state index in [-0.39, 0.29) is 0 Å². The second-order valence-electron chi connectivity index (χ2n) is 3.91. The minimum absolute atomic E-state index is 0.890. The molecule has 0 atom stereocenters. The Balaban J connectivity index is 2.08. The fourth-order valence-corrected chi connectivity index (χ4v) is 1.84. The van der Waals surface area contributed by atoms with Gasteiger partial charge in [0.2, 0.25) is 5.95 Å².